The number of guanidine groups is 1. The van der Waals surface area contributed by atoms with Gasteiger partial charge in [-0.05, 0) is 18.9 Å². The zero-order valence-corrected chi connectivity index (χ0v) is 14.3. The Morgan fingerprint density at radius 3 is 3.07 bits per heavy atom. The summed E-state index contributed by atoms with van der Waals surface area (Å²) in [6.45, 7) is 0.309. The average Bonchev–Trinajstić information content (AvgIpc) is 3.19. The molecular weight excluding hydrogens is 349 g/mol. The van der Waals surface area contributed by atoms with Gasteiger partial charge in [0.25, 0.3) is 0 Å². The predicted octanol–water partition coefficient (Wildman–Crippen LogP) is 1.23. The van der Waals surface area contributed by atoms with Crippen molar-refractivity contribution in [2.45, 2.75) is 31.0 Å². The van der Waals surface area contributed by atoms with E-state index in [-0.39, 0.29) is 0 Å². The molecule has 4 heterocycles. The minimum absolute atomic E-state index is 0.309. The highest BCUT2D eigenvalue weighted by Gasteiger charge is 2.40. The summed E-state index contributed by atoms with van der Waals surface area (Å²) in [5.41, 5.74) is 8.59. The maximum absolute atomic E-state index is 14.5. The largest absolute Gasteiger partial charge is 0.343 e. The molecule has 0 amide bonds. The molecule has 3 aromatic rings. The van der Waals surface area contributed by atoms with E-state index in [4.69, 9.17) is 5.73 Å². The van der Waals surface area contributed by atoms with Crippen LogP contribution in [-0.4, -0.2) is 31.1 Å². The second kappa shape index (κ2) is 5.88. The molecule has 1 atom stereocenters. The quantitative estimate of drug-likeness (QED) is 0.471. The lowest BCUT2D eigenvalue weighted by atomic mass is 10.0. The van der Waals surface area contributed by atoms with Crippen LogP contribution in [0.15, 0.2) is 41.8 Å². The Morgan fingerprint density at radius 2 is 2.22 bits per heavy atom. The Balaban J connectivity index is 1.41. The van der Waals surface area contributed by atoms with Gasteiger partial charge in [0.05, 0.1) is 30.1 Å². The highest BCUT2D eigenvalue weighted by Crippen LogP contribution is 2.40. The van der Waals surface area contributed by atoms with Gasteiger partial charge in [-0.2, -0.15) is 5.10 Å². The number of pyridine rings is 1. The summed E-state index contributed by atoms with van der Waals surface area (Å²) in [6, 6.07) is 1.81. The van der Waals surface area contributed by atoms with E-state index in [9.17, 15) is 4.39 Å². The van der Waals surface area contributed by atoms with Crippen LogP contribution in [0.1, 0.15) is 35.7 Å². The molecule has 1 aliphatic carbocycles. The minimum Gasteiger partial charge on any atom is -0.343 e. The first kappa shape index (κ1) is 15.9. The van der Waals surface area contributed by atoms with Crippen LogP contribution in [-0.2, 0) is 12.2 Å². The summed E-state index contributed by atoms with van der Waals surface area (Å²) < 4.78 is 14.5. The third-order valence-corrected chi connectivity index (χ3v) is 4.86. The lowest BCUT2D eigenvalue weighted by Gasteiger charge is -2.32. The van der Waals surface area contributed by atoms with E-state index >= 15 is 0 Å². The molecule has 0 aromatic carbocycles. The molecule has 5 rings (SSSR count). The van der Waals surface area contributed by atoms with Crippen molar-refractivity contribution in [3.8, 4) is 0 Å². The van der Waals surface area contributed by atoms with E-state index in [0.717, 1.165) is 35.1 Å². The lowest BCUT2D eigenvalue weighted by molar-refractivity contribution is 0.356. The third-order valence-electron chi connectivity index (χ3n) is 4.86. The SMILES string of the molecule is NC1(c2cc(C3CC3)[nH]n2)NC(=NCc2cncc3[nH]cnc23)NC=C1F. The molecule has 2 aliphatic rings. The minimum atomic E-state index is -1.57. The zero-order chi connectivity index (χ0) is 18.4. The first-order valence-electron chi connectivity index (χ1n) is 8.69. The van der Waals surface area contributed by atoms with E-state index in [1.807, 2.05) is 6.07 Å². The second-order valence-corrected chi connectivity index (χ2v) is 6.81. The number of fused-ring (bicyclic) bond motifs is 1. The van der Waals surface area contributed by atoms with Crippen molar-refractivity contribution in [3.63, 3.8) is 0 Å². The van der Waals surface area contributed by atoms with Crippen LogP contribution in [0.25, 0.3) is 11.0 Å². The van der Waals surface area contributed by atoms with Gasteiger partial charge in [-0.15, -0.1) is 0 Å². The average molecular weight is 367 g/mol. The molecule has 1 saturated carbocycles. The fourth-order valence-electron chi connectivity index (χ4n) is 3.14. The van der Waals surface area contributed by atoms with Crippen LogP contribution in [0.3, 0.4) is 0 Å². The van der Waals surface area contributed by atoms with Crippen LogP contribution in [0, 0.1) is 0 Å². The van der Waals surface area contributed by atoms with E-state index < -0.39 is 11.5 Å². The fourth-order valence-corrected chi connectivity index (χ4v) is 3.14. The molecule has 0 saturated heterocycles. The molecule has 9 nitrogen and oxygen atoms in total. The number of aliphatic imine (C=N–C) groups is 1. The van der Waals surface area contributed by atoms with Crippen molar-refractivity contribution < 1.29 is 4.39 Å². The van der Waals surface area contributed by atoms with Crippen LogP contribution in [0.5, 0.6) is 0 Å². The summed E-state index contributed by atoms with van der Waals surface area (Å²) >= 11 is 0. The van der Waals surface area contributed by atoms with Gasteiger partial charge < -0.3 is 15.6 Å². The number of rotatable bonds is 4. The smallest absolute Gasteiger partial charge is 0.197 e. The second-order valence-electron chi connectivity index (χ2n) is 6.81. The lowest BCUT2D eigenvalue weighted by Crippen LogP contribution is -2.59. The maximum Gasteiger partial charge on any atom is 0.197 e. The number of hydrogen-bond donors (Lipinski definition) is 5. The Labute approximate surface area is 153 Å². The number of halogens is 1. The Kier molecular flexibility index (Phi) is 3.47. The zero-order valence-electron chi connectivity index (χ0n) is 14.3. The number of nitrogens with zero attached hydrogens (tertiary/aromatic N) is 4. The summed E-state index contributed by atoms with van der Waals surface area (Å²) in [6.07, 6.45) is 8.45. The van der Waals surface area contributed by atoms with Gasteiger partial charge in [0.2, 0.25) is 0 Å². The van der Waals surface area contributed by atoms with E-state index in [1.165, 1.54) is 6.20 Å². The molecule has 0 bridgehead atoms. The van der Waals surface area contributed by atoms with Crippen LogP contribution < -0.4 is 16.4 Å². The highest BCUT2D eigenvalue weighted by molar-refractivity contribution is 5.84. The summed E-state index contributed by atoms with van der Waals surface area (Å²) in [5, 5.41) is 12.9. The molecular formula is C17H18FN9. The molecule has 10 heteroatoms. The van der Waals surface area contributed by atoms with Crippen molar-refractivity contribution in [3.05, 3.63) is 53.8 Å². The van der Waals surface area contributed by atoms with Crippen molar-refractivity contribution in [2.75, 3.05) is 0 Å². The van der Waals surface area contributed by atoms with Crippen molar-refractivity contribution >= 4 is 17.0 Å². The Morgan fingerprint density at radius 1 is 1.33 bits per heavy atom. The van der Waals surface area contributed by atoms with Gasteiger partial charge in [0.1, 0.15) is 5.69 Å². The number of imidazole rings is 1. The molecule has 138 valence electrons. The van der Waals surface area contributed by atoms with Crippen LogP contribution in [0.2, 0.25) is 0 Å². The number of nitrogens with two attached hydrogens (primary N) is 1. The number of hydrogen-bond acceptors (Lipinski definition) is 5. The maximum atomic E-state index is 14.5. The number of nitrogens with one attached hydrogen (secondary N) is 4. The summed E-state index contributed by atoms with van der Waals surface area (Å²) in [7, 11) is 0. The molecule has 0 spiro atoms. The van der Waals surface area contributed by atoms with Crippen molar-refractivity contribution in [1.29, 1.82) is 0 Å². The third kappa shape index (κ3) is 2.74. The van der Waals surface area contributed by atoms with E-state index in [0.29, 0.717) is 24.1 Å². The van der Waals surface area contributed by atoms with Crippen molar-refractivity contribution in [2.24, 2.45) is 10.7 Å². The number of aromatic nitrogens is 5. The molecule has 1 unspecified atom stereocenters. The van der Waals surface area contributed by atoms with Crippen LogP contribution in [0.4, 0.5) is 4.39 Å². The van der Waals surface area contributed by atoms with Gasteiger partial charge in [0, 0.05) is 29.6 Å². The van der Waals surface area contributed by atoms with Crippen LogP contribution >= 0.6 is 0 Å². The van der Waals surface area contributed by atoms with Gasteiger partial charge in [-0.3, -0.25) is 15.8 Å². The predicted molar refractivity (Wildman–Crippen MR) is 96.9 cm³/mol. The Hall–Kier alpha value is -3.27. The fraction of sp³-hybridized carbons (Fsp3) is 0.294. The standard InChI is InChI=1S/C17H18FN9/c18-13-7-22-16(21-5-10-4-20-6-12-15(10)24-8-23-12)25-17(13,19)14-3-11(26-27-14)9-1-2-9/h3-4,6-9H,1-2,5,19H2,(H,23,24)(H,26,27)(H2,21,22,25). The summed E-state index contributed by atoms with van der Waals surface area (Å²) in [4.78, 5) is 15.9. The monoisotopic (exact) mass is 367 g/mol. The molecule has 27 heavy (non-hydrogen) atoms. The van der Waals surface area contributed by atoms with Gasteiger partial charge in [-0.1, -0.05) is 0 Å². The first-order valence-corrected chi connectivity index (χ1v) is 8.69. The van der Waals surface area contributed by atoms with E-state index in [1.54, 1.807) is 18.7 Å². The molecule has 1 aliphatic heterocycles. The normalized spacial score (nSPS) is 23.9. The number of aromatic amines is 2. The molecule has 0 radical (unpaired) electrons. The summed E-state index contributed by atoms with van der Waals surface area (Å²) in [5.74, 6) is 0.257. The Bertz CT molecular complexity index is 1060. The first-order chi connectivity index (χ1) is 13.1. The number of H-pyrrole nitrogens is 2. The highest BCUT2D eigenvalue weighted by atomic mass is 19.1. The molecule has 1 fully saturated rings. The van der Waals surface area contributed by atoms with Gasteiger partial charge >= 0.3 is 0 Å². The van der Waals surface area contributed by atoms with E-state index in [2.05, 4.69) is 40.8 Å². The topological polar surface area (TPSA) is 133 Å². The van der Waals surface area contributed by atoms with Gasteiger partial charge in [-0.25, -0.2) is 14.4 Å². The van der Waals surface area contributed by atoms with Crippen molar-refractivity contribution in [1.82, 2.24) is 35.8 Å². The molecule has 6 N–H and O–H groups in total. The molecule has 3 aromatic heterocycles. The van der Waals surface area contributed by atoms with Gasteiger partial charge in [0.15, 0.2) is 17.4 Å².